The molecule has 1 fully saturated rings. The van der Waals surface area contributed by atoms with Crippen LogP contribution in [0.2, 0.25) is 0 Å². The van der Waals surface area contributed by atoms with E-state index in [9.17, 15) is 23.6 Å². The highest BCUT2D eigenvalue weighted by Crippen LogP contribution is 2.23. The van der Waals surface area contributed by atoms with Crippen LogP contribution in [0.3, 0.4) is 0 Å². The third-order valence-corrected chi connectivity index (χ3v) is 5.85. The molecular formula is C18H21N3O6S2. The van der Waals surface area contributed by atoms with Crippen molar-refractivity contribution in [2.75, 3.05) is 18.8 Å². The lowest BCUT2D eigenvalue weighted by Gasteiger charge is -2.20. The number of aliphatic hydroxyl groups is 1. The first-order valence-corrected chi connectivity index (χ1v) is 10.9. The van der Waals surface area contributed by atoms with Gasteiger partial charge in [-0.25, -0.2) is 0 Å². The number of β-amino-alcohol motifs (C(OH)–C–C–N with tert-alkyl or cyclic N) is 1. The highest BCUT2D eigenvalue weighted by Gasteiger charge is 2.22. The van der Waals surface area contributed by atoms with Gasteiger partial charge in [0.15, 0.2) is 5.17 Å². The molecule has 1 aliphatic rings. The monoisotopic (exact) mass is 439 g/mol. The number of nitrogens with one attached hydrogen (secondary N) is 1. The fourth-order valence-corrected chi connectivity index (χ4v) is 3.82. The molecule has 0 aromatic heterocycles. The van der Waals surface area contributed by atoms with E-state index in [0.29, 0.717) is 17.3 Å². The van der Waals surface area contributed by atoms with Gasteiger partial charge >= 0.3 is 0 Å². The molecule has 29 heavy (non-hydrogen) atoms. The minimum atomic E-state index is -4.02. The number of aliphatic hydroxyl groups excluding tert-OH is 1. The fraction of sp³-hybridized carbons (Fsp3) is 0.278. The molecule has 0 saturated carbocycles. The molecule has 0 spiro atoms. The van der Waals surface area contributed by atoms with Crippen molar-refractivity contribution in [3.8, 4) is 0 Å². The van der Waals surface area contributed by atoms with Crippen LogP contribution in [0.5, 0.6) is 0 Å². The molecule has 156 valence electrons. The summed E-state index contributed by atoms with van der Waals surface area (Å²) in [5.74, 6) is 0.848. The molecule has 11 heteroatoms. The van der Waals surface area contributed by atoms with Gasteiger partial charge in [0.1, 0.15) is 0 Å². The molecule has 2 aromatic rings. The van der Waals surface area contributed by atoms with Gasteiger partial charge in [0.25, 0.3) is 15.8 Å². The summed E-state index contributed by atoms with van der Waals surface area (Å²) in [6, 6.07) is 12.0. The predicted molar refractivity (Wildman–Crippen MR) is 111 cm³/mol. The SMILES string of the molecule is Cc1ccc(S(=O)(=O)O)cc1.N=C1SCCN1CC(O)c1cccc([N+](=O)[O-])c1. The molecular weight excluding hydrogens is 418 g/mol. The van der Waals surface area contributed by atoms with E-state index < -0.39 is 21.1 Å². The summed E-state index contributed by atoms with van der Waals surface area (Å²) in [7, 11) is -4.02. The fourth-order valence-electron chi connectivity index (χ4n) is 2.49. The quantitative estimate of drug-likeness (QED) is 0.366. The van der Waals surface area contributed by atoms with Crippen LogP contribution in [0.4, 0.5) is 5.69 Å². The van der Waals surface area contributed by atoms with Crippen molar-refractivity contribution >= 4 is 32.7 Å². The molecule has 1 unspecified atom stereocenters. The maximum Gasteiger partial charge on any atom is 0.294 e. The molecule has 0 amide bonds. The van der Waals surface area contributed by atoms with Gasteiger partial charge < -0.3 is 10.0 Å². The largest absolute Gasteiger partial charge is 0.387 e. The number of aryl methyl sites for hydroxylation is 1. The third-order valence-electron chi connectivity index (χ3n) is 4.07. The van der Waals surface area contributed by atoms with E-state index in [1.54, 1.807) is 29.2 Å². The number of amidine groups is 1. The number of hydrogen-bond donors (Lipinski definition) is 3. The molecule has 2 aromatic carbocycles. The van der Waals surface area contributed by atoms with Crippen molar-refractivity contribution in [3.05, 3.63) is 69.8 Å². The minimum Gasteiger partial charge on any atom is -0.387 e. The van der Waals surface area contributed by atoms with Crippen molar-refractivity contribution in [1.29, 1.82) is 5.41 Å². The summed E-state index contributed by atoms with van der Waals surface area (Å²) < 4.78 is 29.6. The Labute approximate surface area is 172 Å². The summed E-state index contributed by atoms with van der Waals surface area (Å²) in [6.45, 7) is 2.87. The Morgan fingerprint density at radius 3 is 2.45 bits per heavy atom. The van der Waals surface area contributed by atoms with Gasteiger partial charge in [0.05, 0.1) is 15.9 Å². The van der Waals surface area contributed by atoms with Crippen LogP contribution >= 0.6 is 11.8 Å². The molecule has 9 nitrogen and oxygen atoms in total. The molecule has 0 aliphatic carbocycles. The third kappa shape index (κ3) is 6.82. The molecule has 1 saturated heterocycles. The Bertz CT molecular complexity index is 979. The Hall–Kier alpha value is -2.47. The number of nitro benzene ring substituents is 1. The molecule has 1 heterocycles. The second-order valence-electron chi connectivity index (χ2n) is 6.26. The number of nitro groups is 1. The van der Waals surface area contributed by atoms with Crippen molar-refractivity contribution < 1.29 is 23.0 Å². The summed E-state index contributed by atoms with van der Waals surface area (Å²) in [4.78, 5) is 11.9. The Morgan fingerprint density at radius 1 is 1.28 bits per heavy atom. The van der Waals surface area contributed by atoms with Crippen LogP contribution in [0.15, 0.2) is 53.4 Å². The molecule has 1 atom stereocenters. The number of nitrogens with zero attached hydrogens (tertiary/aromatic N) is 2. The lowest BCUT2D eigenvalue weighted by Crippen LogP contribution is -2.28. The summed E-state index contributed by atoms with van der Waals surface area (Å²) in [6.07, 6.45) is -0.816. The highest BCUT2D eigenvalue weighted by atomic mass is 32.2. The first-order valence-electron chi connectivity index (χ1n) is 8.51. The van der Waals surface area contributed by atoms with E-state index in [4.69, 9.17) is 9.96 Å². The van der Waals surface area contributed by atoms with Crippen molar-refractivity contribution in [2.24, 2.45) is 0 Å². The standard InChI is InChI=1S/C11H13N3O3S.C7H8O3S/c12-11-13(4-5-18-11)7-10(15)8-2-1-3-9(6-8)14(16)17;1-6-2-4-7(5-3-6)11(8,9)10/h1-3,6,10,12,15H,4-5,7H2;2-5H,1H3,(H,8,9,10). The van der Waals surface area contributed by atoms with Crippen molar-refractivity contribution in [3.63, 3.8) is 0 Å². The van der Waals surface area contributed by atoms with E-state index >= 15 is 0 Å². The summed E-state index contributed by atoms with van der Waals surface area (Å²) >= 11 is 1.44. The second-order valence-corrected chi connectivity index (χ2v) is 8.76. The summed E-state index contributed by atoms with van der Waals surface area (Å²) in [5, 5.41) is 28.8. The Balaban J connectivity index is 0.000000234. The van der Waals surface area contributed by atoms with Crippen LogP contribution < -0.4 is 0 Å². The maximum atomic E-state index is 10.6. The number of non-ortho nitro benzene ring substituents is 1. The Kier molecular flexibility index (Phi) is 7.73. The Morgan fingerprint density at radius 2 is 1.93 bits per heavy atom. The minimum absolute atomic E-state index is 0.0302. The van der Waals surface area contributed by atoms with Crippen molar-refractivity contribution in [1.82, 2.24) is 4.90 Å². The van der Waals surface area contributed by atoms with Gasteiger partial charge in [-0.05, 0) is 24.6 Å². The van der Waals surface area contributed by atoms with Crippen LogP contribution in [-0.2, 0) is 10.1 Å². The molecule has 0 radical (unpaired) electrons. The van der Waals surface area contributed by atoms with E-state index in [1.165, 1.54) is 36.0 Å². The van der Waals surface area contributed by atoms with E-state index in [1.807, 2.05) is 6.92 Å². The maximum absolute atomic E-state index is 10.6. The average Bonchev–Trinajstić information content (AvgIpc) is 3.06. The van der Waals surface area contributed by atoms with Gasteiger partial charge in [-0.1, -0.05) is 41.6 Å². The second kappa shape index (κ2) is 9.83. The van der Waals surface area contributed by atoms with Crippen LogP contribution in [0.1, 0.15) is 17.2 Å². The lowest BCUT2D eigenvalue weighted by atomic mass is 10.1. The zero-order chi connectivity index (χ0) is 21.6. The molecule has 3 N–H and O–H groups in total. The topological polar surface area (TPSA) is 145 Å². The number of thioether (sulfide) groups is 1. The van der Waals surface area contributed by atoms with E-state index in [-0.39, 0.29) is 10.6 Å². The molecule has 3 rings (SSSR count). The first kappa shape index (κ1) is 22.8. The van der Waals surface area contributed by atoms with Gasteiger partial charge in [-0.3, -0.25) is 20.1 Å². The van der Waals surface area contributed by atoms with Gasteiger partial charge in [0.2, 0.25) is 0 Å². The van der Waals surface area contributed by atoms with Gasteiger partial charge in [0, 0.05) is 31.0 Å². The average molecular weight is 440 g/mol. The predicted octanol–water partition coefficient (Wildman–Crippen LogP) is 2.85. The number of rotatable bonds is 5. The van der Waals surface area contributed by atoms with E-state index in [0.717, 1.165) is 17.9 Å². The highest BCUT2D eigenvalue weighted by molar-refractivity contribution is 8.14. The van der Waals surface area contributed by atoms with Gasteiger partial charge in [-0.2, -0.15) is 8.42 Å². The first-order chi connectivity index (χ1) is 13.6. The molecule has 0 bridgehead atoms. The van der Waals surface area contributed by atoms with Crippen LogP contribution in [-0.4, -0.2) is 51.9 Å². The summed E-state index contributed by atoms with van der Waals surface area (Å²) in [5.41, 5.74) is 1.43. The van der Waals surface area contributed by atoms with Crippen LogP contribution in [0, 0.1) is 22.4 Å². The lowest BCUT2D eigenvalue weighted by molar-refractivity contribution is -0.385. The van der Waals surface area contributed by atoms with E-state index in [2.05, 4.69) is 0 Å². The van der Waals surface area contributed by atoms with Gasteiger partial charge in [-0.15, -0.1) is 0 Å². The number of benzene rings is 2. The zero-order valence-corrected chi connectivity index (χ0v) is 17.2. The zero-order valence-electron chi connectivity index (χ0n) is 15.6. The smallest absolute Gasteiger partial charge is 0.294 e. The number of hydrogen-bond acceptors (Lipinski definition) is 7. The van der Waals surface area contributed by atoms with Crippen LogP contribution in [0.25, 0.3) is 0 Å². The molecule has 1 aliphatic heterocycles. The normalized spacial score (nSPS) is 14.9. The van der Waals surface area contributed by atoms with Crippen molar-refractivity contribution in [2.45, 2.75) is 17.9 Å².